The maximum absolute atomic E-state index is 12.6. The summed E-state index contributed by atoms with van der Waals surface area (Å²) in [6.07, 6.45) is 2.69. The van der Waals surface area contributed by atoms with Gasteiger partial charge in [0.1, 0.15) is 11.3 Å². The van der Waals surface area contributed by atoms with Crippen molar-refractivity contribution >= 4 is 17.1 Å². The Kier molecular flexibility index (Phi) is 5.64. The molecule has 1 N–H and O–H groups in total. The number of carbonyl (C=O) groups excluding carboxylic acids is 1. The van der Waals surface area contributed by atoms with E-state index >= 15 is 0 Å². The zero-order valence-corrected chi connectivity index (χ0v) is 16.1. The number of aryl methyl sites for hydroxylation is 1. The molecule has 3 aromatic rings. The van der Waals surface area contributed by atoms with E-state index in [-0.39, 0.29) is 5.91 Å². The van der Waals surface area contributed by atoms with E-state index in [1.54, 1.807) is 6.20 Å². The highest BCUT2D eigenvalue weighted by molar-refractivity contribution is 5.94. The largest absolute Gasteiger partial charge is 0.379 e. The van der Waals surface area contributed by atoms with Gasteiger partial charge in [0.2, 0.25) is 0 Å². The zero-order chi connectivity index (χ0) is 19.3. The Hall–Kier alpha value is -2.77. The number of morpholine rings is 1. The fourth-order valence-corrected chi connectivity index (χ4v) is 3.55. The third kappa shape index (κ3) is 4.05. The van der Waals surface area contributed by atoms with E-state index in [1.807, 2.05) is 47.9 Å². The summed E-state index contributed by atoms with van der Waals surface area (Å²) in [7, 11) is 0. The average Bonchev–Trinajstić information content (AvgIpc) is 3.07. The first-order chi connectivity index (χ1) is 13.7. The monoisotopic (exact) mass is 379 g/mol. The van der Waals surface area contributed by atoms with E-state index in [9.17, 15) is 4.79 Å². The van der Waals surface area contributed by atoms with Crippen molar-refractivity contribution in [1.82, 2.24) is 24.8 Å². The fourth-order valence-electron chi connectivity index (χ4n) is 3.55. The third-order valence-electron chi connectivity index (χ3n) is 4.99. The minimum absolute atomic E-state index is 0.0566. The second-order valence-electron chi connectivity index (χ2n) is 6.95. The topological polar surface area (TPSA) is 72.3 Å². The molecule has 28 heavy (non-hydrogen) atoms. The van der Waals surface area contributed by atoms with Crippen LogP contribution >= 0.6 is 0 Å². The molecule has 1 saturated heterocycles. The van der Waals surface area contributed by atoms with Crippen molar-refractivity contribution < 1.29 is 9.53 Å². The molecule has 1 aliphatic heterocycles. The summed E-state index contributed by atoms with van der Waals surface area (Å²) in [5, 5.41) is 3.03. The summed E-state index contributed by atoms with van der Waals surface area (Å²) < 4.78 is 7.33. The van der Waals surface area contributed by atoms with Crippen molar-refractivity contribution in [3.8, 4) is 5.69 Å². The van der Waals surface area contributed by atoms with Gasteiger partial charge in [-0.25, -0.2) is 9.97 Å². The molecule has 2 aromatic heterocycles. The molecule has 0 atom stereocenters. The molecule has 7 nitrogen and oxygen atoms in total. The highest BCUT2D eigenvalue weighted by atomic mass is 16.5. The number of fused-ring (bicyclic) bond motifs is 1. The van der Waals surface area contributed by atoms with Crippen molar-refractivity contribution in [2.24, 2.45) is 0 Å². The zero-order valence-electron chi connectivity index (χ0n) is 16.1. The Morgan fingerprint density at radius 2 is 2.07 bits per heavy atom. The number of hydrogen-bond acceptors (Lipinski definition) is 5. The minimum Gasteiger partial charge on any atom is -0.379 e. The van der Waals surface area contributed by atoms with E-state index in [1.165, 1.54) is 0 Å². The summed E-state index contributed by atoms with van der Waals surface area (Å²) in [4.78, 5) is 24.0. The fraction of sp³-hybridized carbons (Fsp3) is 0.381. The maximum Gasteiger partial charge on any atom is 0.251 e. The first kappa shape index (κ1) is 18.6. The first-order valence-corrected chi connectivity index (χ1v) is 9.71. The molecule has 1 aromatic carbocycles. The molecule has 4 rings (SSSR count). The van der Waals surface area contributed by atoms with Gasteiger partial charge in [0.25, 0.3) is 5.91 Å². The standard InChI is InChI=1S/C21H25N5O2/c1-16-24-19-7-3-8-22-20(19)26(16)18-6-2-5-17(15-18)21(27)23-9-4-10-25-11-13-28-14-12-25/h2-3,5-8,15H,4,9-14H2,1H3,(H,23,27). The normalized spacial score (nSPS) is 15.0. The average molecular weight is 379 g/mol. The highest BCUT2D eigenvalue weighted by Gasteiger charge is 2.13. The lowest BCUT2D eigenvalue weighted by Crippen LogP contribution is -2.38. The molecule has 0 aliphatic carbocycles. The second-order valence-corrected chi connectivity index (χ2v) is 6.95. The van der Waals surface area contributed by atoms with Crippen LogP contribution in [0.3, 0.4) is 0 Å². The highest BCUT2D eigenvalue weighted by Crippen LogP contribution is 2.20. The number of carbonyl (C=O) groups is 1. The van der Waals surface area contributed by atoms with Crippen LogP contribution in [0.5, 0.6) is 0 Å². The number of imidazole rings is 1. The number of nitrogens with zero attached hydrogens (tertiary/aromatic N) is 4. The van der Waals surface area contributed by atoms with Crippen LogP contribution in [0.15, 0.2) is 42.6 Å². The van der Waals surface area contributed by atoms with Crippen LogP contribution in [-0.4, -0.2) is 64.7 Å². The molecule has 3 heterocycles. The molecule has 1 amide bonds. The van der Waals surface area contributed by atoms with Gasteiger partial charge in [-0.1, -0.05) is 6.07 Å². The number of rotatable bonds is 6. The van der Waals surface area contributed by atoms with Gasteiger partial charge < -0.3 is 10.1 Å². The molecular weight excluding hydrogens is 354 g/mol. The number of ether oxygens (including phenoxy) is 1. The summed E-state index contributed by atoms with van der Waals surface area (Å²) in [5.74, 6) is 0.788. The smallest absolute Gasteiger partial charge is 0.251 e. The summed E-state index contributed by atoms with van der Waals surface area (Å²) in [6.45, 7) is 7.14. The van der Waals surface area contributed by atoms with Gasteiger partial charge >= 0.3 is 0 Å². The van der Waals surface area contributed by atoms with Crippen molar-refractivity contribution in [2.75, 3.05) is 39.4 Å². The molecule has 1 fully saturated rings. The molecule has 0 bridgehead atoms. The third-order valence-corrected chi connectivity index (χ3v) is 4.99. The first-order valence-electron chi connectivity index (χ1n) is 9.71. The molecular formula is C21H25N5O2. The number of nitrogens with one attached hydrogen (secondary N) is 1. The Morgan fingerprint density at radius 1 is 1.21 bits per heavy atom. The van der Waals surface area contributed by atoms with Crippen molar-refractivity contribution in [3.63, 3.8) is 0 Å². The Balaban J connectivity index is 1.41. The minimum atomic E-state index is -0.0566. The lowest BCUT2D eigenvalue weighted by molar-refractivity contribution is 0.0374. The van der Waals surface area contributed by atoms with Gasteiger partial charge in [-0.05, 0) is 50.2 Å². The molecule has 146 valence electrons. The van der Waals surface area contributed by atoms with Gasteiger partial charge in [-0.15, -0.1) is 0 Å². The molecule has 1 aliphatic rings. The van der Waals surface area contributed by atoms with E-state index in [2.05, 4.69) is 20.2 Å². The molecule has 0 unspecified atom stereocenters. The predicted octanol–water partition coefficient (Wildman–Crippen LogP) is 2.18. The predicted molar refractivity (Wildman–Crippen MR) is 108 cm³/mol. The van der Waals surface area contributed by atoms with E-state index in [0.717, 1.165) is 61.9 Å². The van der Waals surface area contributed by atoms with Crippen LogP contribution in [0.4, 0.5) is 0 Å². The number of hydrogen-bond donors (Lipinski definition) is 1. The number of benzene rings is 1. The maximum atomic E-state index is 12.6. The molecule has 0 spiro atoms. The van der Waals surface area contributed by atoms with Gasteiger partial charge in [0.15, 0.2) is 5.65 Å². The van der Waals surface area contributed by atoms with Gasteiger partial charge in [0, 0.05) is 37.1 Å². The Labute approximate surface area is 164 Å². The lowest BCUT2D eigenvalue weighted by atomic mass is 10.2. The van der Waals surface area contributed by atoms with Gasteiger partial charge in [-0.2, -0.15) is 0 Å². The molecule has 7 heteroatoms. The molecule has 0 radical (unpaired) electrons. The van der Waals surface area contributed by atoms with Crippen molar-refractivity contribution in [3.05, 3.63) is 54.0 Å². The quantitative estimate of drug-likeness (QED) is 0.665. The lowest BCUT2D eigenvalue weighted by Gasteiger charge is -2.26. The summed E-state index contributed by atoms with van der Waals surface area (Å²) in [5.41, 5.74) is 3.17. The van der Waals surface area contributed by atoms with Crippen molar-refractivity contribution in [2.45, 2.75) is 13.3 Å². The van der Waals surface area contributed by atoms with Crippen LogP contribution in [-0.2, 0) is 4.74 Å². The number of aromatic nitrogens is 3. The van der Waals surface area contributed by atoms with Gasteiger partial charge in [-0.3, -0.25) is 14.3 Å². The summed E-state index contributed by atoms with van der Waals surface area (Å²) >= 11 is 0. The summed E-state index contributed by atoms with van der Waals surface area (Å²) in [6, 6.07) is 11.4. The number of pyridine rings is 1. The van der Waals surface area contributed by atoms with Crippen LogP contribution in [0.1, 0.15) is 22.6 Å². The van der Waals surface area contributed by atoms with E-state index in [4.69, 9.17) is 4.74 Å². The number of amides is 1. The van der Waals surface area contributed by atoms with Crippen LogP contribution in [0.2, 0.25) is 0 Å². The van der Waals surface area contributed by atoms with Crippen molar-refractivity contribution in [1.29, 1.82) is 0 Å². The van der Waals surface area contributed by atoms with E-state index in [0.29, 0.717) is 12.1 Å². The Morgan fingerprint density at radius 3 is 2.93 bits per heavy atom. The second kappa shape index (κ2) is 8.50. The van der Waals surface area contributed by atoms with Gasteiger partial charge in [0.05, 0.1) is 13.2 Å². The van der Waals surface area contributed by atoms with Crippen LogP contribution < -0.4 is 5.32 Å². The molecule has 0 saturated carbocycles. The SMILES string of the molecule is Cc1nc2cccnc2n1-c1cccc(C(=O)NCCCN2CCOCC2)c1. The Bertz CT molecular complexity index is 962. The van der Waals surface area contributed by atoms with E-state index < -0.39 is 0 Å². The van der Waals surface area contributed by atoms with Crippen LogP contribution in [0.25, 0.3) is 16.9 Å². The van der Waals surface area contributed by atoms with Crippen LogP contribution in [0, 0.1) is 6.92 Å².